The number of thiophene rings is 1. The molecule has 13 rings (SSSR count). The van der Waals surface area contributed by atoms with Crippen molar-refractivity contribution in [1.82, 2.24) is 4.57 Å². The van der Waals surface area contributed by atoms with Crippen LogP contribution in [-0.2, 0) is 0 Å². The summed E-state index contributed by atoms with van der Waals surface area (Å²) in [6.07, 6.45) is 0. The Hall–Kier alpha value is -7.92. The highest BCUT2D eigenvalue weighted by Gasteiger charge is 2.25. The number of furan rings is 1. The van der Waals surface area contributed by atoms with Crippen molar-refractivity contribution in [3.05, 3.63) is 218 Å². The number of para-hydroxylation sites is 5. The molecule has 0 atom stereocenters. The predicted molar refractivity (Wildman–Crippen MR) is 264 cm³/mol. The Morgan fingerprint density at radius 3 is 1.89 bits per heavy atom. The van der Waals surface area contributed by atoms with E-state index in [-0.39, 0.29) is 0 Å². The third-order valence-electron chi connectivity index (χ3n) is 12.6. The van der Waals surface area contributed by atoms with E-state index in [1.807, 2.05) is 17.4 Å². The van der Waals surface area contributed by atoms with Crippen molar-refractivity contribution in [3.8, 4) is 27.9 Å². The number of aromatic nitrogens is 1. The highest BCUT2D eigenvalue weighted by atomic mass is 32.1. The normalized spacial score (nSPS) is 11.9. The minimum absolute atomic E-state index is 0.893. The second kappa shape index (κ2) is 13.8. The maximum absolute atomic E-state index is 6.68. The molecule has 0 bridgehead atoms. The Balaban J connectivity index is 1.04. The van der Waals surface area contributed by atoms with Gasteiger partial charge in [-0.05, 0) is 82.6 Å². The second-order valence-electron chi connectivity index (χ2n) is 16.0. The molecule has 13 aromatic rings. The van der Waals surface area contributed by atoms with Crippen molar-refractivity contribution in [2.24, 2.45) is 0 Å². The van der Waals surface area contributed by atoms with Crippen molar-refractivity contribution >= 4 is 103 Å². The fourth-order valence-electron chi connectivity index (χ4n) is 9.79. The van der Waals surface area contributed by atoms with Crippen molar-refractivity contribution in [3.63, 3.8) is 0 Å². The Bertz CT molecular complexity index is 3830. The van der Waals surface area contributed by atoms with Crippen LogP contribution in [0.15, 0.2) is 223 Å². The standard InChI is InChI=1S/C58H36N2OS/c1-2-15-39-36-41(33-28-37(39)14-1)60(52-25-10-5-18-45(52)47-21-13-22-48-46-19-6-11-26-54(46)61-57(47)48)53-35-34-42(58-56(53)49-20-7-12-27-55(49)62-58)38-29-31-40(32-30-38)59-50-23-8-3-16-43(50)44-17-4-9-24-51(44)59/h1-36H. The number of hydrogen-bond acceptors (Lipinski definition) is 3. The lowest BCUT2D eigenvalue weighted by atomic mass is 9.97. The summed E-state index contributed by atoms with van der Waals surface area (Å²) in [5.74, 6) is 0. The highest BCUT2D eigenvalue weighted by Crippen LogP contribution is 2.51. The molecule has 0 N–H and O–H groups in total. The lowest BCUT2D eigenvalue weighted by Gasteiger charge is -2.29. The summed E-state index contributed by atoms with van der Waals surface area (Å²) in [7, 11) is 0. The first kappa shape index (κ1) is 34.9. The molecule has 290 valence electrons. The van der Waals surface area contributed by atoms with Gasteiger partial charge in [0.1, 0.15) is 11.2 Å². The van der Waals surface area contributed by atoms with Gasteiger partial charge in [-0.25, -0.2) is 0 Å². The van der Waals surface area contributed by atoms with Crippen LogP contribution in [-0.4, -0.2) is 4.57 Å². The minimum atomic E-state index is 0.893. The molecule has 0 amide bonds. The Morgan fingerprint density at radius 2 is 1.06 bits per heavy atom. The molecule has 0 radical (unpaired) electrons. The van der Waals surface area contributed by atoms with Gasteiger partial charge in [0, 0.05) is 64.2 Å². The molecule has 0 saturated heterocycles. The van der Waals surface area contributed by atoms with E-state index in [0.717, 1.165) is 55.8 Å². The fourth-order valence-corrected chi connectivity index (χ4v) is 11.1. The first-order valence-corrected chi connectivity index (χ1v) is 21.9. The van der Waals surface area contributed by atoms with E-state index in [9.17, 15) is 0 Å². The maximum atomic E-state index is 6.68. The van der Waals surface area contributed by atoms with E-state index in [0.29, 0.717) is 0 Å². The summed E-state index contributed by atoms with van der Waals surface area (Å²) in [6.45, 7) is 0. The van der Waals surface area contributed by atoms with Gasteiger partial charge in [-0.1, -0.05) is 158 Å². The van der Waals surface area contributed by atoms with E-state index in [1.165, 1.54) is 63.9 Å². The molecule has 3 nitrogen and oxygen atoms in total. The number of anilines is 3. The molecule has 4 heteroatoms. The van der Waals surface area contributed by atoms with Gasteiger partial charge in [0.25, 0.3) is 0 Å². The highest BCUT2D eigenvalue weighted by molar-refractivity contribution is 7.26. The van der Waals surface area contributed by atoms with Crippen LogP contribution in [0.2, 0.25) is 0 Å². The molecular formula is C58H36N2OS. The third-order valence-corrected chi connectivity index (χ3v) is 13.8. The van der Waals surface area contributed by atoms with Crippen LogP contribution in [0.25, 0.3) is 103 Å². The predicted octanol–water partition coefficient (Wildman–Crippen LogP) is 17.0. The largest absolute Gasteiger partial charge is 0.455 e. The quantitative estimate of drug-likeness (QED) is 0.167. The van der Waals surface area contributed by atoms with Crippen molar-refractivity contribution in [2.45, 2.75) is 0 Å². The molecule has 3 heterocycles. The second-order valence-corrected chi connectivity index (χ2v) is 17.1. The number of fused-ring (bicyclic) bond motifs is 10. The fraction of sp³-hybridized carbons (Fsp3) is 0. The van der Waals surface area contributed by atoms with Crippen LogP contribution >= 0.6 is 11.3 Å². The summed E-state index contributed by atoms with van der Waals surface area (Å²) in [5.41, 5.74) is 13.2. The molecule has 10 aromatic carbocycles. The summed E-state index contributed by atoms with van der Waals surface area (Å²) in [4.78, 5) is 2.47. The molecule has 3 aromatic heterocycles. The van der Waals surface area contributed by atoms with Gasteiger partial charge < -0.3 is 13.9 Å². The SMILES string of the molecule is c1ccc(N(c2ccc3ccccc3c2)c2ccc(-c3ccc(-n4c5ccccc5c5ccccc54)cc3)c3sc4ccccc4c23)c(-c2cccc3c2oc2ccccc23)c1. The van der Waals surface area contributed by atoms with Crippen LogP contribution in [0.4, 0.5) is 17.1 Å². The first-order chi connectivity index (χ1) is 30.8. The van der Waals surface area contributed by atoms with E-state index in [4.69, 9.17) is 4.42 Å². The average molecular weight is 809 g/mol. The molecule has 0 unspecified atom stereocenters. The summed E-state index contributed by atoms with van der Waals surface area (Å²) in [6, 6.07) is 79.2. The minimum Gasteiger partial charge on any atom is -0.455 e. The van der Waals surface area contributed by atoms with E-state index in [1.54, 1.807) is 0 Å². The van der Waals surface area contributed by atoms with Gasteiger partial charge in [-0.15, -0.1) is 11.3 Å². The average Bonchev–Trinajstić information content (AvgIpc) is 4.02. The lowest BCUT2D eigenvalue weighted by molar-refractivity contribution is 0.670. The van der Waals surface area contributed by atoms with E-state index in [2.05, 4.69) is 222 Å². The Kier molecular flexibility index (Phi) is 7.78. The maximum Gasteiger partial charge on any atom is 0.143 e. The van der Waals surface area contributed by atoms with Crippen molar-refractivity contribution < 1.29 is 4.42 Å². The molecule has 0 aliphatic heterocycles. The first-order valence-electron chi connectivity index (χ1n) is 21.1. The van der Waals surface area contributed by atoms with Gasteiger partial charge in [-0.2, -0.15) is 0 Å². The molecule has 0 aliphatic rings. The molecule has 62 heavy (non-hydrogen) atoms. The zero-order valence-corrected chi connectivity index (χ0v) is 34.3. The molecule has 0 spiro atoms. The van der Waals surface area contributed by atoms with Gasteiger partial charge in [0.05, 0.1) is 22.4 Å². The van der Waals surface area contributed by atoms with Crippen molar-refractivity contribution in [1.29, 1.82) is 0 Å². The Morgan fingerprint density at radius 1 is 0.419 bits per heavy atom. The summed E-state index contributed by atoms with van der Waals surface area (Å²) >= 11 is 1.87. The van der Waals surface area contributed by atoms with Crippen LogP contribution in [0.3, 0.4) is 0 Å². The number of hydrogen-bond donors (Lipinski definition) is 0. The molecular weight excluding hydrogens is 773 g/mol. The number of nitrogens with zero attached hydrogens (tertiary/aromatic N) is 2. The van der Waals surface area contributed by atoms with Gasteiger partial charge >= 0.3 is 0 Å². The van der Waals surface area contributed by atoms with Gasteiger partial charge in [-0.3, -0.25) is 0 Å². The van der Waals surface area contributed by atoms with Gasteiger partial charge in [0.15, 0.2) is 0 Å². The van der Waals surface area contributed by atoms with Crippen LogP contribution in [0, 0.1) is 0 Å². The topological polar surface area (TPSA) is 21.3 Å². The summed E-state index contributed by atoms with van der Waals surface area (Å²) < 4.78 is 11.6. The Labute approximate surface area is 361 Å². The lowest BCUT2D eigenvalue weighted by Crippen LogP contribution is -2.12. The monoisotopic (exact) mass is 808 g/mol. The van der Waals surface area contributed by atoms with Crippen LogP contribution in [0.5, 0.6) is 0 Å². The van der Waals surface area contributed by atoms with Crippen molar-refractivity contribution in [2.75, 3.05) is 4.90 Å². The van der Waals surface area contributed by atoms with E-state index < -0.39 is 0 Å². The smallest absolute Gasteiger partial charge is 0.143 e. The zero-order chi connectivity index (χ0) is 40.7. The summed E-state index contributed by atoms with van der Waals surface area (Å²) in [5, 5.41) is 9.65. The van der Waals surface area contributed by atoms with Crippen LogP contribution < -0.4 is 4.90 Å². The molecule has 0 aliphatic carbocycles. The molecule has 0 saturated carbocycles. The van der Waals surface area contributed by atoms with Crippen LogP contribution in [0.1, 0.15) is 0 Å². The third kappa shape index (κ3) is 5.30. The zero-order valence-electron chi connectivity index (χ0n) is 33.5. The van der Waals surface area contributed by atoms with Gasteiger partial charge in [0.2, 0.25) is 0 Å². The number of benzene rings is 10. The number of rotatable bonds is 6. The molecule has 0 fully saturated rings. The van der Waals surface area contributed by atoms with E-state index >= 15 is 0 Å².